The van der Waals surface area contributed by atoms with Crippen LogP contribution >= 0.6 is 0 Å². The highest BCUT2D eigenvalue weighted by Gasteiger charge is 2.29. The molecule has 60 heavy (non-hydrogen) atoms. The van der Waals surface area contributed by atoms with Crippen molar-refractivity contribution in [2.24, 2.45) is 20.5 Å². The average molecular weight is 984 g/mol. The Morgan fingerprint density at radius 1 is 0.533 bits per heavy atom. The largest absolute Gasteiger partial charge is 0.505 e. The summed E-state index contributed by atoms with van der Waals surface area (Å²) in [7, 11) is -35.3. The Balaban J connectivity index is 1.90. The molecule has 8 N–H and O–H groups in total. The summed E-state index contributed by atoms with van der Waals surface area (Å²) in [5.74, 6) is -3.48. The summed E-state index contributed by atoms with van der Waals surface area (Å²) in [6.07, 6.45) is 0. The van der Waals surface area contributed by atoms with E-state index < -0.39 is 159 Å². The fourth-order valence-corrected chi connectivity index (χ4v) is 9.85. The third-order valence-corrected chi connectivity index (χ3v) is 14.2. The van der Waals surface area contributed by atoms with Crippen molar-refractivity contribution in [2.45, 2.75) is 24.5 Å². The molecule has 34 heteroatoms. The minimum absolute atomic E-state index is 0.312. The van der Waals surface area contributed by atoms with Gasteiger partial charge in [0.2, 0.25) is 0 Å². The van der Waals surface area contributed by atoms with E-state index in [1.54, 1.807) is 0 Å². The van der Waals surface area contributed by atoms with Gasteiger partial charge in [-0.15, -0.1) is 15.3 Å². The average Bonchev–Trinajstić information content (AvgIpc) is 3.08. The molecule has 0 heterocycles. The van der Waals surface area contributed by atoms with Crippen LogP contribution in [0.3, 0.4) is 0 Å². The normalized spacial score (nSPS) is 13.8. The van der Waals surface area contributed by atoms with Crippen molar-refractivity contribution in [3.8, 4) is 5.75 Å². The number of anilines is 1. The second kappa shape index (κ2) is 17.0. The lowest BCUT2D eigenvalue weighted by Gasteiger charge is -2.14. The van der Waals surface area contributed by atoms with Gasteiger partial charge >= 0.3 is 20.8 Å². The fourth-order valence-electron chi connectivity index (χ4n) is 4.77. The molecule has 0 aromatic heterocycles. The summed E-state index contributed by atoms with van der Waals surface area (Å²) in [4.78, 5) is -5.28. The van der Waals surface area contributed by atoms with E-state index in [0.717, 1.165) is 24.3 Å². The lowest BCUT2D eigenvalue weighted by molar-refractivity contribution is 0.282. The molecule has 0 saturated carbocycles. The second-order valence-corrected chi connectivity index (χ2v) is 22.0. The van der Waals surface area contributed by atoms with Crippen molar-refractivity contribution in [3.63, 3.8) is 0 Å². The maximum Gasteiger partial charge on any atom is 0.397 e. The van der Waals surface area contributed by atoms with Crippen LogP contribution in [0, 0.1) is 0 Å². The number of fused-ring (bicyclic) bond motifs is 1. The summed E-state index contributed by atoms with van der Waals surface area (Å²) in [6.45, 7) is -2.14. The van der Waals surface area contributed by atoms with Gasteiger partial charge in [-0.05, 0) is 53.9 Å². The van der Waals surface area contributed by atoms with Gasteiger partial charge in [0, 0.05) is 0 Å². The molecule has 0 aliphatic heterocycles. The fraction of sp³-hybridized carbons (Fsp3) is 0.154. The van der Waals surface area contributed by atoms with Crippen LogP contribution in [0.1, 0.15) is 0 Å². The number of benzene rings is 4. The molecule has 0 atom stereocenters. The summed E-state index contributed by atoms with van der Waals surface area (Å²) in [6, 6.07) is 6.63. The molecule has 0 spiro atoms. The molecule has 4 rings (SSSR count). The summed E-state index contributed by atoms with van der Waals surface area (Å²) in [5.41, 5.74) is 1.66. The van der Waals surface area contributed by atoms with E-state index in [2.05, 4.69) is 28.8 Å². The molecular weight excluding hydrogens is 959 g/mol. The van der Waals surface area contributed by atoms with E-state index in [-0.39, 0.29) is 5.69 Å². The topological polar surface area (TPSA) is 454 Å². The minimum Gasteiger partial charge on any atom is -0.505 e. The number of rotatable bonds is 17. The third kappa shape index (κ3) is 12.0. The highest BCUT2D eigenvalue weighted by Crippen LogP contribution is 2.48. The van der Waals surface area contributed by atoms with Gasteiger partial charge in [-0.2, -0.15) is 47.2 Å². The zero-order valence-corrected chi connectivity index (χ0v) is 34.7. The Morgan fingerprint density at radius 2 is 1.00 bits per heavy atom. The van der Waals surface area contributed by atoms with Crippen LogP contribution < -0.4 is 5.73 Å². The zero-order valence-electron chi connectivity index (χ0n) is 29.0. The molecule has 4 aromatic rings. The van der Waals surface area contributed by atoms with Crippen LogP contribution in [0.15, 0.2) is 99.5 Å². The van der Waals surface area contributed by atoms with Crippen molar-refractivity contribution in [3.05, 3.63) is 54.6 Å². The van der Waals surface area contributed by atoms with Gasteiger partial charge in [-0.25, -0.2) is 25.2 Å². The maximum atomic E-state index is 12.7. The van der Waals surface area contributed by atoms with E-state index in [4.69, 9.17) is 14.8 Å². The molecular formula is C26H25N5O22S7. The molecule has 0 amide bonds. The van der Waals surface area contributed by atoms with Gasteiger partial charge < -0.3 is 10.8 Å². The Hall–Kier alpha value is -4.69. The number of hydrogen-bond acceptors (Lipinski definition) is 22. The number of hydrogen-bond donors (Lipinski definition) is 7. The second-order valence-electron chi connectivity index (χ2n) is 11.4. The van der Waals surface area contributed by atoms with Gasteiger partial charge in [0.25, 0.3) is 30.4 Å². The Labute approximate surface area is 339 Å². The molecule has 0 bridgehead atoms. The monoisotopic (exact) mass is 983 g/mol. The highest BCUT2D eigenvalue weighted by molar-refractivity contribution is 7.92. The van der Waals surface area contributed by atoms with E-state index in [1.165, 1.54) is 0 Å². The molecule has 0 aliphatic rings. The number of nitrogens with two attached hydrogens (primary N) is 1. The first-order chi connectivity index (χ1) is 27.2. The molecule has 0 saturated heterocycles. The number of aromatic hydroxyl groups is 1. The predicted octanol–water partition coefficient (Wildman–Crippen LogP) is 1.88. The summed E-state index contributed by atoms with van der Waals surface area (Å²) in [5, 5.41) is 24.1. The first-order valence-electron chi connectivity index (χ1n) is 15.0. The molecule has 0 radical (unpaired) electrons. The Kier molecular flexibility index (Phi) is 13.6. The van der Waals surface area contributed by atoms with Crippen molar-refractivity contribution >= 4 is 110 Å². The molecule has 0 fully saturated rings. The number of nitrogens with zero attached hydrogens (tertiary/aromatic N) is 4. The third-order valence-electron chi connectivity index (χ3n) is 7.31. The minimum atomic E-state index is -5.51. The van der Waals surface area contributed by atoms with Gasteiger partial charge in [-0.3, -0.25) is 22.8 Å². The van der Waals surface area contributed by atoms with Crippen LogP contribution in [0.5, 0.6) is 5.75 Å². The zero-order chi connectivity index (χ0) is 45.4. The van der Waals surface area contributed by atoms with Crippen molar-refractivity contribution < 1.29 is 95.2 Å². The Morgan fingerprint density at radius 3 is 1.48 bits per heavy atom. The SMILES string of the molecule is Nc1c(N=Nc2cccc(S(=O)(=O)CCOS(=O)(=O)O)c2)c(S(=O)(=O)O)cc2cc(S(=O)(=O)O)c(N=Nc3ccc(S(=O)(=O)CCOS(=O)(=O)O)cc3S(=O)(=O)O)c(O)c12. The predicted molar refractivity (Wildman–Crippen MR) is 200 cm³/mol. The number of phenols is 1. The summed E-state index contributed by atoms with van der Waals surface area (Å²) >= 11 is 0. The standard InChI is InChI=1S/C26H25N5O22S7/c27-23-22-14(10-20(57(40,41)42)24(23)30-28-15-2-1-3-16(12-15)54(33,34)8-6-52-59(46,47)48)11-21(58(43,44)45)25(26(22)32)31-29-18-5-4-17(13-19(18)56(37,38)39)55(35,36)9-7-53-60(49,50)51/h1-5,10-13,32H,6-9,27H2,(H,37,38,39)(H,40,41,42)(H,43,44,45)(H,46,47,48)(H,49,50,51). The van der Waals surface area contributed by atoms with Crippen LogP contribution in [0.25, 0.3) is 10.8 Å². The van der Waals surface area contributed by atoms with Crippen LogP contribution in [-0.4, -0.2) is 112 Å². The smallest absolute Gasteiger partial charge is 0.397 e. The molecule has 0 unspecified atom stereocenters. The van der Waals surface area contributed by atoms with Gasteiger partial charge in [-0.1, -0.05) is 6.07 Å². The van der Waals surface area contributed by atoms with Crippen molar-refractivity contribution in [1.82, 2.24) is 0 Å². The lowest BCUT2D eigenvalue weighted by Crippen LogP contribution is -2.16. The van der Waals surface area contributed by atoms with Gasteiger partial charge in [0.1, 0.15) is 31.7 Å². The lowest BCUT2D eigenvalue weighted by atomic mass is 10.1. The van der Waals surface area contributed by atoms with Crippen molar-refractivity contribution in [1.29, 1.82) is 0 Å². The number of phenolic OH excluding ortho intramolecular Hbond substituents is 1. The van der Waals surface area contributed by atoms with E-state index in [9.17, 15) is 77.7 Å². The Bertz CT molecular complexity index is 3280. The first kappa shape index (κ1) is 48.0. The number of azo groups is 2. The molecule has 328 valence electrons. The molecule has 4 aromatic carbocycles. The van der Waals surface area contributed by atoms with E-state index >= 15 is 0 Å². The first-order valence-corrected chi connectivity index (χ1v) is 25.4. The van der Waals surface area contributed by atoms with E-state index in [1.807, 2.05) is 0 Å². The summed E-state index contributed by atoms with van der Waals surface area (Å²) < 4.78 is 223. The number of sulfone groups is 2. The highest BCUT2D eigenvalue weighted by atomic mass is 32.3. The maximum absolute atomic E-state index is 12.7. The van der Waals surface area contributed by atoms with Crippen molar-refractivity contribution in [2.75, 3.05) is 30.5 Å². The van der Waals surface area contributed by atoms with Crippen LogP contribution in [-0.2, 0) is 79.2 Å². The van der Waals surface area contributed by atoms with Gasteiger partial charge in [0.05, 0.1) is 51.3 Å². The van der Waals surface area contributed by atoms with Gasteiger partial charge in [0.15, 0.2) is 25.4 Å². The van der Waals surface area contributed by atoms with Crippen LogP contribution in [0.4, 0.5) is 28.4 Å². The number of nitrogen functional groups attached to an aromatic ring is 1. The quantitative estimate of drug-likeness (QED) is 0.0451. The molecule has 27 nitrogen and oxygen atoms in total. The van der Waals surface area contributed by atoms with E-state index in [0.29, 0.717) is 30.3 Å². The van der Waals surface area contributed by atoms with Crippen LogP contribution in [0.2, 0.25) is 0 Å². The molecule has 0 aliphatic carbocycles.